The first-order valence-electron chi connectivity index (χ1n) is 12.4. The molecule has 2 aromatic rings. The first-order chi connectivity index (χ1) is 16.9. The summed E-state index contributed by atoms with van der Waals surface area (Å²) in [6.07, 6.45) is 5.57. The van der Waals surface area contributed by atoms with Gasteiger partial charge in [0.05, 0.1) is 10.0 Å². The Hall–Kier alpha value is -2.44. The molecule has 6 nitrogen and oxygen atoms in total. The number of carbonyl (C=O) groups excluding carboxylic acids is 2. The molecule has 188 valence electrons. The van der Waals surface area contributed by atoms with E-state index in [1.807, 2.05) is 31.2 Å². The molecule has 2 aromatic carbocycles. The Kier molecular flexibility index (Phi) is 8.79. The van der Waals surface area contributed by atoms with Gasteiger partial charge in [-0.15, -0.1) is 0 Å². The van der Waals surface area contributed by atoms with Crippen molar-refractivity contribution in [1.29, 1.82) is 0 Å². The molecule has 0 bridgehead atoms. The lowest BCUT2D eigenvalue weighted by atomic mass is 10.0. The number of carbonyl (C=O) groups is 2. The molecule has 2 amide bonds. The number of halogens is 2. The lowest BCUT2D eigenvalue weighted by Gasteiger charge is -2.31. The molecule has 1 saturated carbocycles. The van der Waals surface area contributed by atoms with Crippen molar-refractivity contribution in [1.82, 2.24) is 10.2 Å². The van der Waals surface area contributed by atoms with Crippen LogP contribution in [0, 0.1) is 0 Å². The number of hydrogen-bond donors (Lipinski definition) is 1. The minimum Gasteiger partial charge on any atom is -0.486 e. The number of ether oxygens (including phenoxy) is 2. The number of amides is 2. The second kappa shape index (κ2) is 12.0. The molecule has 1 fully saturated rings. The summed E-state index contributed by atoms with van der Waals surface area (Å²) < 4.78 is 11.3. The summed E-state index contributed by atoms with van der Waals surface area (Å²) in [5.41, 5.74) is 1.82. The summed E-state index contributed by atoms with van der Waals surface area (Å²) in [7, 11) is 0. The van der Waals surface area contributed by atoms with E-state index in [9.17, 15) is 9.59 Å². The molecular formula is C27H32Cl2N2O4. The molecule has 4 rings (SSSR count). The zero-order chi connectivity index (χ0) is 24.8. The van der Waals surface area contributed by atoms with Gasteiger partial charge >= 0.3 is 0 Å². The minimum absolute atomic E-state index is 0.0839. The van der Waals surface area contributed by atoms with Crippen LogP contribution in [0.25, 0.3) is 0 Å². The Bertz CT molecular complexity index is 1060. The van der Waals surface area contributed by atoms with E-state index in [1.165, 1.54) is 0 Å². The van der Waals surface area contributed by atoms with Gasteiger partial charge in [-0.25, -0.2) is 0 Å². The predicted molar refractivity (Wildman–Crippen MR) is 137 cm³/mol. The molecule has 0 radical (unpaired) electrons. The zero-order valence-corrected chi connectivity index (χ0v) is 21.5. The van der Waals surface area contributed by atoms with Crippen molar-refractivity contribution in [3.63, 3.8) is 0 Å². The molecule has 1 atom stereocenters. The van der Waals surface area contributed by atoms with Crippen LogP contribution >= 0.6 is 23.2 Å². The lowest BCUT2D eigenvalue weighted by Crippen LogP contribution is -2.51. The molecule has 1 aliphatic heterocycles. The summed E-state index contributed by atoms with van der Waals surface area (Å²) in [6.45, 7) is 3.28. The quantitative estimate of drug-likeness (QED) is 0.471. The standard InChI is InChI=1S/C27H32Cl2N2O4/c1-2-23(27(33)30-20-5-3-4-6-20)31(17-19-7-10-21(28)22(29)15-19)26(32)12-9-18-8-11-24-25(16-18)35-14-13-34-24/h7-8,10-11,15-16,20,23H,2-6,9,12-14,17H2,1H3,(H,30,33)/t23-/m1/s1. The van der Waals surface area contributed by atoms with Gasteiger partial charge in [0.25, 0.3) is 0 Å². The van der Waals surface area contributed by atoms with E-state index in [4.69, 9.17) is 32.7 Å². The van der Waals surface area contributed by atoms with Gasteiger partial charge in [0.15, 0.2) is 11.5 Å². The van der Waals surface area contributed by atoms with E-state index in [1.54, 1.807) is 17.0 Å². The molecule has 0 spiro atoms. The number of aryl methyl sites for hydroxylation is 1. The van der Waals surface area contributed by atoms with E-state index in [0.29, 0.717) is 41.9 Å². The van der Waals surface area contributed by atoms with Crippen LogP contribution in [0.1, 0.15) is 56.6 Å². The maximum atomic E-state index is 13.5. The zero-order valence-electron chi connectivity index (χ0n) is 20.0. The molecule has 0 aromatic heterocycles. The van der Waals surface area contributed by atoms with Gasteiger partial charge in [-0.3, -0.25) is 9.59 Å². The molecular weight excluding hydrogens is 487 g/mol. The predicted octanol–water partition coefficient (Wildman–Crippen LogP) is 5.56. The lowest BCUT2D eigenvalue weighted by molar-refractivity contribution is -0.141. The first kappa shape index (κ1) is 25.6. The number of benzene rings is 2. The van der Waals surface area contributed by atoms with Crippen LogP contribution in [0.3, 0.4) is 0 Å². The van der Waals surface area contributed by atoms with E-state index >= 15 is 0 Å². The Morgan fingerprint density at radius 2 is 1.71 bits per heavy atom. The number of nitrogens with one attached hydrogen (secondary N) is 1. The van der Waals surface area contributed by atoms with Gasteiger partial charge < -0.3 is 19.7 Å². The third kappa shape index (κ3) is 6.62. The molecule has 0 saturated heterocycles. The van der Waals surface area contributed by atoms with Crippen molar-refractivity contribution < 1.29 is 19.1 Å². The fourth-order valence-electron chi connectivity index (χ4n) is 4.76. The fourth-order valence-corrected chi connectivity index (χ4v) is 5.08. The van der Waals surface area contributed by atoms with Crippen LogP contribution in [0.5, 0.6) is 11.5 Å². The second-order valence-corrected chi connectivity index (χ2v) is 9.98. The largest absolute Gasteiger partial charge is 0.486 e. The Morgan fingerprint density at radius 3 is 2.43 bits per heavy atom. The highest BCUT2D eigenvalue weighted by molar-refractivity contribution is 6.42. The van der Waals surface area contributed by atoms with Crippen LogP contribution in [-0.2, 0) is 22.6 Å². The van der Waals surface area contributed by atoms with E-state index in [0.717, 1.165) is 42.6 Å². The van der Waals surface area contributed by atoms with Crippen LogP contribution in [0.4, 0.5) is 0 Å². The molecule has 1 heterocycles. The summed E-state index contributed by atoms with van der Waals surface area (Å²) in [5.74, 6) is 1.25. The third-order valence-electron chi connectivity index (χ3n) is 6.66. The fraction of sp³-hybridized carbons (Fsp3) is 0.481. The molecule has 1 N–H and O–H groups in total. The molecule has 8 heteroatoms. The van der Waals surface area contributed by atoms with Crippen LogP contribution < -0.4 is 14.8 Å². The van der Waals surface area contributed by atoms with E-state index in [2.05, 4.69) is 5.32 Å². The van der Waals surface area contributed by atoms with E-state index in [-0.39, 0.29) is 30.8 Å². The van der Waals surface area contributed by atoms with Crippen molar-refractivity contribution in [3.8, 4) is 11.5 Å². The molecule has 0 unspecified atom stereocenters. The highest BCUT2D eigenvalue weighted by atomic mass is 35.5. The molecule has 1 aliphatic carbocycles. The van der Waals surface area contributed by atoms with Gasteiger partial charge in [-0.2, -0.15) is 0 Å². The average Bonchev–Trinajstić information content (AvgIpc) is 3.37. The summed E-state index contributed by atoms with van der Waals surface area (Å²) >= 11 is 12.3. The topological polar surface area (TPSA) is 67.9 Å². The SMILES string of the molecule is CC[C@H](C(=O)NC1CCCC1)N(Cc1ccc(Cl)c(Cl)c1)C(=O)CCc1ccc2c(c1)OCCO2. The minimum atomic E-state index is -0.558. The smallest absolute Gasteiger partial charge is 0.243 e. The molecule has 35 heavy (non-hydrogen) atoms. The number of fused-ring (bicyclic) bond motifs is 1. The highest BCUT2D eigenvalue weighted by Gasteiger charge is 2.30. The van der Waals surface area contributed by atoms with Crippen molar-refractivity contribution >= 4 is 35.0 Å². The van der Waals surface area contributed by atoms with Crippen LogP contribution in [0.2, 0.25) is 10.0 Å². The van der Waals surface area contributed by atoms with Crippen LogP contribution in [-0.4, -0.2) is 42.0 Å². The number of nitrogens with zero attached hydrogens (tertiary/aromatic N) is 1. The van der Waals surface area contributed by atoms with Gasteiger partial charge in [-0.1, -0.05) is 55.1 Å². The maximum Gasteiger partial charge on any atom is 0.243 e. The first-order valence-corrected chi connectivity index (χ1v) is 13.1. The number of hydrogen-bond acceptors (Lipinski definition) is 4. The second-order valence-electron chi connectivity index (χ2n) is 9.16. The summed E-state index contributed by atoms with van der Waals surface area (Å²) in [4.78, 5) is 28.5. The third-order valence-corrected chi connectivity index (χ3v) is 7.40. The average molecular weight is 519 g/mol. The van der Waals surface area contributed by atoms with Crippen molar-refractivity contribution in [2.75, 3.05) is 13.2 Å². The van der Waals surface area contributed by atoms with Gasteiger partial charge in [-0.05, 0) is 61.1 Å². The Morgan fingerprint density at radius 1 is 1.00 bits per heavy atom. The van der Waals surface area contributed by atoms with Gasteiger partial charge in [0, 0.05) is 19.0 Å². The Labute approximate surface area is 216 Å². The summed E-state index contributed by atoms with van der Waals surface area (Å²) in [5, 5.41) is 4.05. The van der Waals surface area contributed by atoms with Crippen molar-refractivity contribution in [2.45, 2.75) is 70.5 Å². The maximum absolute atomic E-state index is 13.5. The Balaban J connectivity index is 1.50. The normalized spacial score (nSPS) is 16.1. The molecule has 2 aliphatic rings. The van der Waals surface area contributed by atoms with Gasteiger partial charge in [0.1, 0.15) is 19.3 Å². The van der Waals surface area contributed by atoms with Crippen molar-refractivity contribution in [2.24, 2.45) is 0 Å². The summed E-state index contributed by atoms with van der Waals surface area (Å²) in [6, 6.07) is 10.7. The van der Waals surface area contributed by atoms with E-state index < -0.39 is 6.04 Å². The van der Waals surface area contributed by atoms with Gasteiger partial charge in [0.2, 0.25) is 11.8 Å². The van der Waals surface area contributed by atoms with Crippen LogP contribution in [0.15, 0.2) is 36.4 Å². The van der Waals surface area contributed by atoms with Crippen molar-refractivity contribution in [3.05, 3.63) is 57.6 Å². The highest BCUT2D eigenvalue weighted by Crippen LogP contribution is 2.31. The number of rotatable bonds is 9. The monoisotopic (exact) mass is 518 g/mol.